The van der Waals surface area contributed by atoms with Crippen LogP contribution in [0, 0.1) is 0 Å². The molecule has 1 aromatic heterocycles. The molecule has 0 aliphatic heterocycles. The van der Waals surface area contributed by atoms with Crippen LogP contribution >= 0.6 is 0 Å². The van der Waals surface area contributed by atoms with Gasteiger partial charge in [0, 0.05) is 17.6 Å². The zero-order valence-corrected chi connectivity index (χ0v) is 9.93. The lowest BCUT2D eigenvalue weighted by Gasteiger charge is -2.06. The molecule has 0 saturated heterocycles. The van der Waals surface area contributed by atoms with Gasteiger partial charge in [0.25, 0.3) is 0 Å². The normalized spacial score (nSPS) is 10.6. The first-order valence-electron chi connectivity index (χ1n) is 6.08. The van der Waals surface area contributed by atoms with Crippen LogP contribution in [0.3, 0.4) is 0 Å². The van der Waals surface area contributed by atoms with Crippen molar-refractivity contribution in [2.24, 2.45) is 5.73 Å². The zero-order chi connectivity index (χ0) is 11.9. The Labute approximate surface area is 102 Å². The molecule has 0 bridgehead atoms. The highest BCUT2D eigenvalue weighted by molar-refractivity contribution is 5.79. The van der Waals surface area contributed by atoms with Gasteiger partial charge in [-0.2, -0.15) is 0 Å². The van der Waals surface area contributed by atoms with Crippen molar-refractivity contribution in [3.05, 3.63) is 36.5 Å². The number of hydrogen-bond donors (Lipinski definition) is 1. The minimum Gasteiger partial charge on any atom is -0.494 e. The molecule has 0 aliphatic carbocycles. The van der Waals surface area contributed by atoms with Gasteiger partial charge in [-0.3, -0.25) is 4.98 Å². The maximum absolute atomic E-state index is 5.68. The van der Waals surface area contributed by atoms with Gasteiger partial charge in [-0.05, 0) is 44.0 Å². The van der Waals surface area contributed by atoms with Gasteiger partial charge < -0.3 is 10.5 Å². The van der Waals surface area contributed by atoms with Gasteiger partial charge in [0.1, 0.15) is 5.75 Å². The Balaban J connectivity index is 1.90. The number of fused-ring (bicyclic) bond motifs is 1. The fourth-order valence-corrected chi connectivity index (χ4v) is 1.75. The van der Waals surface area contributed by atoms with Crippen molar-refractivity contribution in [1.29, 1.82) is 0 Å². The van der Waals surface area contributed by atoms with Crippen LogP contribution in [0.15, 0.2) is 36.5 Å². The molecular weight excluding hydrogens is 212 g/mol. The van der Waals surface area contributed by atoms with Crippen molar-refractivity contribution < 1.29 is 4.74 Å². The number of nitrogens with two attached hydrogens (primary N) is 1. The lowest BCUT2D eigenvalue weighted by Crippen LogP contribution is -2.01. The third kappa shape index (κ3) is 3.43. The van der Waals surface area contributed by atoms with Gasteiger partial charge in [-0.1, -0.05) is 6.07 Å². The summed E-state index contributed by atoms with van der Waals surface area (Å²) in [7, 11) is 0. The van der Waals surface area contributed by atoms with E-state index in [1.807, 2.05) is 30.3 Å². The number of aromatic nitrogens is 1. The Hall–Kier alpha value is -1.61. The summed E-state index contributed by atoms with van der Waals surface area (Å²) < 4.78 is 5.68. The second-order valence-corrected chi connectivity index (χ2v) is 4.06. The molecule has 0 aliphatic rings. The predicted octanol–water partition coefficient (Wildman–Crippen LogP) is 2.74. The first-order valence-corrected chi connectivity index (χ1v) is 6.08. The highest BCUT2D eigenvalue weighted by Gasteiger charge is 1.97. The lowest BCUT2D eigenvalue weighted by atomic mass is 10.2. The van der Waals surface area contributed by atoms with E-state index in [0.29, 0.717) is 0 Å². The molecule has 0 radical (unpaired) electrons. The molecular formula is C14H18N2O. The predicted molar refractivity (Wildman–Crippen MR) is 70.1 cm³/mol. The fraction of sp³-hybridized carbons (Fsp3) is 0.357. The van der Waals surface area contributed by atoms with E-state index in [4.69, 9.17) is 10.5 Å². The maximum atomic E-state index is 5.68. The number of ether oxygens (including phenoxy) is 1. The van der Waals surface area contributed by atoms with E-state index in [-0.39, 0.29) is 0 Å². The fourth-order valence-electron chi connectivity index (χ4n) is 1.75. The molecule has 2 rings (SSSR count). The van der Waals surface area contributed by atoms with E-state index in [1.165, 1.54) is 0 Å². The number of benzene rings is 1. The molecule has 1 heterocycles. The maximum Gasteiger partial charge on any atom is 0.121 e. The van der Waals surface area contributed by atoms with E-state index in [9.17, 15) is 0 Å². The van der Waals surface area contributed by atoms with Crippen LogP contribution < -0.4 is 10.5 Å². The SMILES string of the molecule is NCCCCCOc1ccc2cccnc2c1. The van der Waals surface area contributed by atoms with Crippen LogP contribution in [0.5, 0.6) is 5.75 Å². The summed E-state index contributed by atoms with van der Waals surface area (Å²) >= 11 is 0. The zero-order valence-electron chi connectivity index (χ0n) is 9.93. The minimum atomic E-state index is 0.748. The van der Waals surface area contributed by atoms with Crippen LogP contribution in [-0.2, 0) is 0 Å². The van der Waals surface area contributed by atoms with E-state index >= 15 is 0 Å². The van der Waals surface area contributed by atoms with Gasteiger partial charge in [0.2, 0.25) is 0 Å². The van der Waals surface area contributed by atoms with Crippen molar-refractivity contribution in [3.63, 3.8) is 0 Å². The molecule has 0 spiro atoms. The molecule has 0 amide bonds. The quantitative estimate of drug-likeness (QED) is 0.776. The molecule has 2 aromatic rings. The average molecular weight is 230 g/mol. The van der Waals surface area contributed by atoms with E-state index in [1.54, 1.807) is 6.20 Å². The Morgan fingerprint density at radius 1 is 1.12 bits per heavy atom. The van der Waals surface area contributed by atoms with Crippen LogP contribution in [0.25, 0.3) is 10.9 Å². The van der Waals surface area contributed by atoms with Crippen molar-refractivity contribution in [1.82, 2.24) is 4.98 Å². The number of nitrogens with zero attached hydrogens (tertiary/aromatic N) is 1. The standard InChI is InChI=1S/C14H18N2O/c15-8-2-1-3-10-17-13-7-6-12-5-4-9-16-14(12)11-13/h4-7,9,11H,1-3,8,10,15H2. The summed E-state index contributed by atoms with van der Waals surface area (Å²) in [6.07, 6.45) is 5.05. The van der Waals surface area contributed by atoms with Gasteiger partial charge >= 0.3 is 0 Å². The molecule has 3 nitrogen and oxygen atoms in total. The van der Waals surface area contributed by atoms with E-state index < -0.39 is 0 Å². The van der Waals surface area contributed by atoms with Crippen LogP contribution in [0.2, 0.25) is 0 Å². The van der Waals surface area contributed by atoms with Crippen LogP contribution in [0.4, 0.5) is 0 Å². The van der Waals surface area contributed by atoms with Crippen molar-refractivity contribution in [3.8, 4) is 5.75 Å². The molecule has 0 atom stereocenters. The molecule has 2 N–H and O–H groups in total. The molecule has 1 aromatic carbocycles. The van der Waals surface area contributed by atoms with Crippen molar-refractivity contribution in [2.75, 3.05) is 13.2 Å². The molecule has 0 saturated carbocycles. The lowest BCUT2D eigenvalue weighted by molar-refractivity contribution is 0.306. The molecule has 0 unspecified atom stereocenters. The number of hydrogen-bond acceptors (Lipinski definition) is 3. The summed E-state index contributed by atoms with van der Waals surface area (Å²) in [6, 6.07) is 10.0. The summed E-state index contributed by atoms with van der Waals surface area (Å²) in [5.41, 5.74) is 6.41. The monoisotopic (exact) mass is 230 g/mol. The van der Waals surface area contributed by atoms with Gasteiger partial charge in [0.05, 0.1) is 12.1 Å². The van der Waals surface area contributed by atoms with Crippen molar-refractivity contribution in [2.45, 2.75) is 19.3 Å². The largest absolute Gasteiger partial charge is 0.494 e. The second kappa shape index (κ2) is 6.21. The van der Waals surface area contributed by atoms with Gasteiger partial charge in [-0.15, -0.1) is 0 Å². The summed E-state index contributed by atoms with van der Waals surface area (Å²) in [5.74, 6) is 0.893. The third-order valence-electron chi connectivity index (χ3n) is 2.69. The highest BCUT2D eigenvalue weighted by Crippen LogP contribution is 2.18. The first kappa shape index (κ1) is 11.9. The Bertz CT molecular complexity index is 470. The van der Waals surface area contributed by atoms with E-state index in [0.717, 1.165) is 49.1 Å². The Kier molecular flexibility index (Phi) is 4.33. The molecule has 0 fully saturated rings. The van der Waals surface area contributed by atoms with Crippen LogP contribution in [0.1, 0.15) is 19.3 Å². The van der Waals surface area contributed by atoms with E-state index in [2.05, 4.69) is 4.98 Å². The minimum absolute atomic E-state index is 0.748. The number of unbranched alkanes of at least 4 members (excludes halogenated alkanes) is 2. The topological polar surface area (TPSA) is 48.1 Å². The summed E-state index contributed by atoms with van der Waals surface area (Å²) in [5, 5.41) is 1.14. The summed E-state index contributed by atoms with van der Waals surface area (Å²) in [6.45, 7) is 1.51. The smallest absolute Gasteiger partial charge is 0.121 e. The van der Waals surface area contributed by atoms with Crippen LogP contribution in [-0.4, -0.2) is 18.1 Å². The van der Waals surface area contributed by atoms with Gasteiger partial charge in [-0.25, -0.2) is 0 Å². The number of pyridine rings is 1. The third-order valence-corrected chi connectivity index (χ3v) is 2.69. The Morgan fingerprint density at radius 2 is 2.06 bits per heavy atom. The molecule has 3 heteroatoms. The second-order valence-electron chi connectivity index (χ2n) is 4.06. The molecule has 17 heavy (non-hydrogen) atoms. The summed E-state index contributed by atoms with van der Waals surface area (Å²) in [4.78, 5) is 4.30. The first-order chi connectivity index (χ1) is 8.40. The Morgan fingerprint density at radius 3 is 2.94 bits per heavy atom. The highest BCUT2D eigenvalue weighted by atomic mass is 16.5. The van der Waals surface area contributed by atoms with Gasteiger partial charge in [0.15, 0.2) is 0 Å². The number of rotatable bonds is 6. The van der Waals surface area contributed by atoms with Crippen molar-refractivity contribution >= 4 is 10.9 Å². The molecule has 90 valence electrons. The average Bonchev–Trinajstić information content (AvgIpc) is 2.38.